The van der Waals surface area contributed by atoms with Crippen LogP contribution in [0.25, 0.3) is 0 Å². The molecule has 2 aromatic rings. The van der Waals surface area contributed by atoms with Gasteiger partial charge in [-0.15, -0.1) is 0 Å². The molecule has 0 aliphatic carbocycles. The molecule has 0 bridgehead atoms. The molecule has 150 valence electrons. The molecule has 7 nitrogen and oxygen atoms in total. The third-order valence-electron chi connectivity index (χ3n) is 4.37. The standard InChI is InChI=1S/C20H16Cl2N2O5/c1-10-6-7-12-13(8-10)19(27)24(18(12)26)11(2)20(28)29-9-16(25)23-17-14(21)4-3-5-15(17)22/h3-8,11H,9H2,1-2H3,(H,23,25). The van der Waals surface area contributed by atoms with Crippen molar-refractivity contribution in [3.8, 4) is 0 Å². The first-order valence-corrected chi connectivity index (χ1v) is 9.35. The Balaban J connectivity index is 1.63. The number of nitrogens with zero attached hydrogens (tertiary/aromatic N) is 1. The van der Waals surface area contributed by atoms with Crippen LogP contribution in [-0.4, -0.2) is 41.2 Å². The fourth-order valence-corrected chi connectivity index (χ4v) is 3.37. The molecular formula is C20H16Cl2N2O5. The van der Waals surface area contributed by atoms with E-state index in [0.29, 0.717) is 0 Å². The second kappa shape index (κ2) is 8.23. The number of fused-ring (bicyclic) bond motifs is 1. The van der Waals surface area contributed by atoms with Crippen molar-refractivity contribution < 1.29 is 23.9 Å². The molecule has 1 atom stereocenters. The Morgan fingerprint density at radius 3 is 2.34 bits per heavy atom. The highest BCUT2D eigenvalue weighted by molar-refractivity contribution is 6.39. The van der Waals surface area contributed by atoms with Gasteiger partial charge in [-0.05, 0) is 38.1 Å². The summed E-state index contributed by atoms with van der Waals surface area (Å²) < 4.78 is 4.97. The van der Waals surface area contributed by atoms with Crippen molar-refractivity contribution in [1.82, 2.24) is 4.90 Å². The minimum atomic E-state index is -1.19. The van der Waals surface area contributed by atoms with Crippen LogP contribution in [0.2, 0.25) is 10.0 Å². The summed E-state index contributed by atoms with van der Waals surface area (Å²) in [6.07, 6.45) is 0. The Morgan fingerprint density at radius 2 is 1.69 bits per heavy atom. The Labute approximate surface area is 176 Å². The molecule has 0 radical (unpaired) electrons. The van der Waals surface area contributed by atoms with Gasteiger partial charge in [0.05, 0.1) is 26.9 Å². The Kier molecular flexibility index (Phi) is 5.91. The van der Waals surface area contributed by atoms with Crippen molar-refractivity contribution >= 4 is 52.6 Å². The molecule has 3 rings (SSSR count). The van der Waals surface area contributed by atoms with Gasteiger partial charge in [0, 0.05) is 0 Å². The lowest BCUT2D eigenvalue weighted by Crippen LogP contribution is -2.44. The number of carbonyl (C=O) groups excluding carboxylic acids is 4. The lowest BCUT2D eigenvalue weighted by Gasteiger charge is -2.20. The number of esters is 1. The Morgan fingerprint density at radius 1 is 1.07 bits per heavy atom. The lowest BCUT2D eigenvalue weighted by atomic mass is 10.1. The number of carbonyl (C=O) groups is 4. The summed E-state index contributed by atoms with van der Waals surface area (Å²) in [7, 11) is 0. The van der Waals surface area contributed by atoms with Gasteiger partial charge in [-0.3, -0.25) is 19.3 Å². The van der Waals surface area contributed by atoms with Gasteiger partial charge in [-0.25, -0.2) is 4.79 Å². The van der Waals surface area contributed by atoms with E-state index in [1.54, 1.807) is 43.3 Å². The molecule has 0 fully saturated rings. The molecule has 3 amide bonds. The van der Waals surface area contributed by atoms with E-state index < -0.39 is 36.3 Å². The van der Waals surface area contributed by atoms with E-state index >= 15 is 0 Å². The van der Waals surface area contributed by atoms with Crippen LogP contribution in [0.4, 0.5) is 5.69 Å². The van der Waals surface area contributed by atoms with Crippen LogP contribution in [0, 0.1) is 6.92 Å². The highest BCUT2D eigenvalue weighted by atomic mass is 35.5. The monoisotopic (exact) mass is 434 g/mol. The maximum absolute atomic E-state index is 12.5. The Bertz CT molecular complexity index is 1020. The van der Waals surface area contributed by atoms with Crippen molar-refractivity contribution in [2.45, 2.75) is 19.9 Å². The van der Waals surface area contributed by atoms with Gasteiger partial charge >= 0.3 is 5.97 Å². The highest BCUT2D eigenvalue weighted by Gasteiger charge is 2.41. The number of hydrogen-bond donors (Lipinski definition) is 1. The number of hydrogen-bond acceptors (Lipinski definition) is 5. The van der Waals surface area contributed by atoms with Crippen LogP contribution in [0.5, 0.6) is 0 Å². The van der Waals surface area contributed by atoms with E-state index in [2.05, 4.69) is 5.32 Å². The summed E-state index contributed by atoms with van der Waals surface area (Å²) in [6.45, 7) is 2.52. The molecule has 29 heavy (non-hydrogen) atoms. The molecule has 1 aliphatic heterocycles. The van der Waals surface area contributed by atoms with Gasteiger partial charge in [0.1, 0.15) is 6.04 Å². The van der Waals surface area contributed by atoms with Crippen LogP contribution in [0.1, 0.15) is 33.2 Å². The number of rotatable bonds is 5. The second-order valence-electron chi connectivity index (χ2n) is 6.46. The quantitative estimate of drug-likeness (QED) is 0.574. The minimum Gasteiger partial charge on any atom is -0.454 e. The largest absolute Gasteiger partial charge is 0.454 e. The van der Waals surface area contributed by atoms with Crippen molar-refractivity contribution in [2.24, 2.45) is 0 Å². The third kappa shape index (κ3) is 4.11. The molecule has 0 aromatic heterocycles. The highest BCUT2D eigenvalue weighted by Crippen LogP contribution is 2.30. The molecule has 0 saturated carbocycles. The smallest absolute Gasteiger partial charge is 0.329 e. The van der Waals surface area contributed by atoms with Gasteiger partial charge in [0.25, 0.3) is 17.7 Å². The molecule has 0 saturated heterocycles. The van der Waals surface area contributed by atoms with Crippen molar-refractivity contribution in [2.75, 3.05) is 11.9 Å². The molecule has 0 spiro atoms. The normalized spacial score (nSPS) is 13.9. The number of nitrogens with one attached hydrogen (secondary N) is 1. The summed E-state index contributed by atoms with van der Waals surface area (Å²) >= 11 is 11.9. The van der Waals surface area contributed by atoms with E-state index in [9.17, 15) is 19.2 Å². The molecule has 1 unspecified atom stereocenters. The predicted octanol–water partition coefficient (Wildman–Crippen LogP) is 3.47. The number of aryl methyl sites for hydroxylation is 1. The number of para-hydroxylation sites is 1. The summed E-state index contributed by atoms with van der Waals surface area (Å²) in [5.74, 6) is -2.72. The van der Waals surface area contributed by atoms with E-state index in [0.717, 1.165) is 10.5 Å². The van der Waals surface area contributed by atoms with Crippen molar-refractivity contribution in [1.29, 1.82) is 0 Å². The summed E-state index contributed by atoms with van der Waals surface area (Å²) in [4.78, 5) is 50.3. The number of benzene rings is 2. The summed E-state index contributed by atoms with van der Waals surface area (Å²) in [5, 5.41) is 2.91. The molecular weight excluding hydrogens is 419 g/mol. The van der Waals surface area contributed by atoms with Crippen LogP contribution in [-0.2, 0) is 14.3 Å². The van der Waals surface area contributed by atoms with Gasteiger partial charge in [0.15, 0.2) is 6.61 Å². The first kappa shape index (κ1) is 20.8. The number of halogens is 2. The first-order chi connectivity index (χ1) is 13.7. The summed E-state index contributed by atoms with van der Waals surface area (Å²) in [6, 6.07) is 8.35. The maximum atomic E-state index is 12.5. The minimum absolute atomic E-state index is 0.195. The molecule has 1 N–H and O–H groups in total. The zero-order chi connectivity index (χ0) is 21.3. The number of anilines is 1. The zero-order valence-corrected chi connectivity index (χ0v) is 17.0. The average molecular weight is 435 g/mol. The molecule has 1 heterocycles. The third-order valence-corrected chi connectivity index (χ3v) is 5.00. The average Bonchev–Trinajstić information content (AvgIpc) is 2.92. The molecule has 2 aromatic carbocycles. The van der Waals surface area contributed by atoms with Crippen LogP contribution in [0.15, 0.2) is 36.4 Å². The second-order valence-corrected chi connectivity index (χ2v) is 7.27. The SMILES string of the molecule is Cc1ccc2c(c1)C(=O)N(C(C)C(=O)OCC(=O)Nc1c(Cl)cccc1Cl)C2=O. The fraction of sp³-hybridized carbons (Fsp3) is 0.200. The van der Waals surface area contributed by atoms with E-state index in [1.165, 1.54) is 6.92 Å². The van der Waals surface area contributed by atoms with Crippen molar-refractivity contribution in [3.63, 3.8) is 0 Å². The van der Waals surface area contributed by atoms with E-state index in [1.807, 2.05) is 0 Å². The lowest BCUT2D eigenvalue weighted by molar-refractivity contribution is -0.150. The molecule has 1 aliphatic rings. The fourth-order valence-electron chi connectivity index (χ4n) is 2.88. The van der Waals surface area contributed by atoms with Crippen molar-refractivity contribution in [3.05, 3.63) is 63.1 Å². The topological polar surface area (TPSA) is 92.8 Å². The Hall–Kier alpha value is -2.90. The number of imide groups is 1. The molecule has 9 heteroatoms. The van der Waals surface area contributed by atoms with Crippen LogP contribution < -0.4 is 5.32 Å². The zero-order valence-electron chi connectivity index (χ0n) is 15.5. The first-order valence-electron chi connectivity index (χ1n) is 8.59. The van der Waals surface area contributed by atoms with E-state index in [-0.39, 0.29) is 26.9 Å². The number of ether oxygens (including phenoxy) is 1. The summed E-state index contributed by atoms with van der Waals surface area (Å²) in [5.41, 5.74) is 1.48. The maximum Gasteiger partial charge on any atom is 0.329 e. The predicted molar refractivity (Wildman–Crippen MR) is 107 cm³/mol. The van der Waals surface area contributed by atoms with Crippen LogP contribution >= 0.6 is 23.2 Å². The van der Waals surface area contributed by atoms with Gasteiger partial charge in [0.2, 0.25) is 0 Å². The van der Waals surface area contributed by atoms with Gasteiger partial charge in [-0.1, -0.05) is 40.9 Å². The van der Waals surface area contributed by atoms with Crippen LogP contribution in [0.3, 0.4) is 0 Å². The van der Waals surface area contributed by atoms with Gasteiger partial charge < -0.3 is 10.1 Å². The number of amides is 3. The van der Waals surface area contributed by atoms with E-state index in [4.69, 9.17) is 27.9 Å². The van der Waals surface area contributed by atoms with Gasteiger partial charge in [-0.2, -0.15) is 0 Å².